The molecule has 3 N–H and O–H groups in total. The Hall–Kier alpha value is 0.210. The van der Waals surface area contributed by atoms with Crippen LogP contribution in [0.4, 0.5) is 0 Å². The minimum atomic E-state index is -0.264. The molecule has 4 fully saturated rings. The van der Waals surface area contributed by atoms with Gasteiger partial charge >= 0.3 is 0 Å². The van der Waals surface area contributed by atoms with Crippen molar-refractivity contribution in [2.24, 2.45) is 22.5 Å². The molecule has 4 aliphatic rings. The molecule has 4 bridgehead atoms. The summed E-state index contributed by atoms with van der Waals surface area (Å²) in [4.78, 5) is 0. The van der Waals surface area contributed by atoms with Gasteiger partial charge in [0.25, 0.3) is 0 Å². The molecule has 15 heavy (non-hydrogen) atoms. The van der Waals surface area contributed by atoms with Crippen molar-refractivity contribution in [1.29, 1.82) is 0 Å². The topological polar surface area (TPSA) is 46.2 Å². The molecule has 0 heterocycles. The largest absolute Gasteiger partial charge is 0.391 e. The molecule has 4 rings (SSSR count). The van der Waals surface area contributed by atoms with Crippen molar-refractivity contribution < 1.29 is 5.11 Å². The Kier molecular flexibility index (Phi) is 2.26. The van der Waals surface area contributed by atoms with Crippen LogP contribution in [0.3, 0.4) is 0 Å². The van der Waals surface area contributed by atoms with E-state index in [0.29, 0.717) is 5.41 Å². The molecule has 0 aliphatic heterocycles. The average molecular weight is 232 g/mol. The molecule has 0 aromatic carbocycles. The Morgan fingerprint density at radius 3 is 2.33 bits per heavy atom. The van der Waals surface area contributed by atoms with E-state index >= 15 is 0 Å². The maximum Gasteiger partial charge on any atom is 0.0773 e. The van der Waals surface area contributed by atoms with Crippen LogP contribution in [0.2, 0.25) is 0 Å². The van der Waals surface area contributed by atoms with Gasteiger partial charge in [0.15, 0.2) is 0 Å². The molecule has 0 spiro atoms. The van der Waals surface area contributed by atoms with Crippen molar-refractivity contribution in [3.8, 4) is 0 Å². The van der Waals surface area contributed by atoms with Crippen molar-refractivity contribution in [3.63, 3.8) is 0 Å². The number of aliphatic hydroxyl groups excluding tert-OH is 1. The van der Waals surface area contributed by atoms with Gasteiger partial charge in [-0.1, -0.05) is 13.8 Å². The molecule has 0 saturated heterocycles. The third-order valence-electron chi connectivity index (χ3n) is 5.00. The van der Waals surface area contributed by atoms with Gasteiger partial charge in [-0.05, 0) is 48.9 Å². The fourth-order valence-electron chi connectivity index (χ4n) is 5.34. The Balaban J connectivity index is 0.000000853. The van der Waals surface area contributed by atoms with E-state index in [4.69, 9.17) is 5.73 Å². The predicted molar refractivity (Wildman–Crippen MR) is 63.0 cm³/mol. The SMILES string of the molecule is CC12CC3CC(C)(C1)C(O)C(N)(C3)C2.Cl. The minimum absolute atomic E-state index is 0. The summed E-state index contributed by atoms with van der Waals surface area (Å²) in [5.74, 6) is 0.779. The highest BCUT2D eigenvalue weighted by Crippen LogP contribution is 2.65. The Bertz CT molecular complexity index is 273. The molecule has 5 unspecified atom stereocenters. The van der Waals surface area contributed by atoms with Crippen molar-refractivity contribution in [2.75, 3.05) is 0 Å². The lowest BCUT2D eigenvalue weighted by atomic mass is 9.42. The Labute approximate surface area is 98.0 Å². The lowest BCUT2D eigenvalue weighted by molar-refractivity contribution is -0.188. The first-order valence-corrected chi connectivity index (χ1v) is 5.82. The highest BCUT2D eigenvalue weighted by atomic mass is 35.5. The first-order valence-electron chi connectivity index (χ1n) is 5.82. The number of hydrogen-bond donors (Lipinski definition) is 2. The van der Waals surface area contributed by atoms with Crippen LogP contribution < -0.4 is 5.73 Å². The fraction of sp³-hybridized carbons (Fsp3) is 1.00. The zero-order valence-electron chi connectivity index (χ0n) is 9.62. The predicted octanol–water partition coefficient (Wildman–Crippen LogP) is 2.09. The number of rotatable bonds is 0. The van der Waals surface area contributed by atoms with Crippen LogP contribution in [-0.4, -0.2) is 16.7 Å². The fourth-order valence-corrected chi connectivity index (χ4v) is 5.34. The second kappa shape index (κ2) is 2.91. The standard InChI is InChI=1S/C12H21NO.ClH/c1-10-3-8-4-11(2,6-10)9(14)12(13,5-8)7-10;/h8-9,14H,3-7,13H2,1-2H3;1H. The van der Waals surface area contributed by atoms with Gasteiger partial charge in [-0.25, -0.2) is 0 Å². The number of aliphatic hydroxyl groups is 1. The highest BCUT2D eigenvalue weighted by molar-refractivity contribution is 5.85. The normalized spacial score (nSPS) is 61.6. The van der Waals surface area contributed by atoms with E-state index in [-0.39, 0.29) is 29.5 Å². The zero-order chi connectivity index (χ0) is 10.2. The molecule has 0 radical (unpaired) electrons. The van der Waals surface area contributed by atoms with Crippen LogP contribution in [0.15, 0.2) is 0 Å². The van der Waals surface area contributed by atoms with Crippen molar-refractivity contribution in [3.05, 3.63) is 0 Å². The van der Waals surface area contributed by atoms with Crippen molar-refractivity contribution in [2.45, 2.75) is 57.6 Å². The molecule has 4 saturated carbocycles. The zero-order valence-corrected chi connectivity index (χ0v) is 10.4. The summed E-state index contributed by atoms with van der Waals surface area (Å²) in [6.45, 7) is 4.60. The van der Waals surface area contributed by atoms with Gasteiger partial charge in [0.1, 0.15) is 0 Å². The Morgan fingerprint density at radius 2 is 1.80 bits per heavy atom. The summed E-state index contributed by atoms with van der Waals surface area (Å²) in [6, 6.07) is 0. The van der Waals surface area contributed by atoms with E-state index in [0.717, 1.165) is 18.8 Å². The van der Waals surface area contributed by atoms with E-state index < -0.39 is 0 Å². The molecule has 5 atom stereocenters. The molecular weight excluding hydrogens is 210 g/mol. The van der Waals surface area contributed by atoms with Crippen molar-refractivity contribution >= 4 is 12.4 Å². The van der Waals surface area contributed by atoms with E-state index in [2.05, 4.69) is 13.8 Å². The monoisotopic (exact) mass is 231 g/mol. The third kappa shape index (κ3) is 1.38. The number of halogens is 1. The maximum atomic E-state index is 10.3. The van der Waals surface area contributed by atoms with E-state index in [9.17, 15) is 5.11 Å². The van der Waals surface area contributed by atoms with Crippen LogP contribution in [0, 0.1) is 16.7 Å². The van der Waals surface area contributed by atoms with E-state index in [1.54, 1.807) is 0 Å². The van der Waals surface area contributed by atoms with Crippen LogP contribution in [0.5, 0.6) is 0 Å². The smallest absolute Gasteiger partial charge is 0.0773 e. The Morgan fingerprint density at radius 1 is 1.13 bits per heavy atom. The van der Waals surface area contributed by atoms with E-state index in [1.807, 2.05) is 0 Å². The average Bonchev–Trinajstić information content (AvgIpc) is 1.95. The molecule has 88 valence electrons. The molecule has 2 nitrogen and oxygen atoms in total. The van der Waals surface area contributed by atoms with Gasteiger partial charge in [-0.3, -0.25) is 0 Å². The lowest BCUT2D eigenvalue weighted by Gasteiger charge is -2.66. The molecular formula is C12H22ClNO. The summed E-state index contributed by atoms with van der Waals surface area (Å²) < 4.78 is 0. The first kappa shape index (κ1) is 11.7. The van der Waals surface area contributed by atoms with Gasteiger partial charge < -0.3 is 10.8 Å². The van der Waals surface area contributed by atoms with Gasteiger partial charge in [-0.15, -0.1) is 12.4 Å². The van der Waals surface area contributed by atoms with Crippen LogP contribution in [-0.2, 0) is 0 Å². The van der Waals surface area contributed by atoms with Gasteiger partial charge in [0.05, 0.1) is 6.10 Å². The minimum Gasteiger partial charge on any atom is -0.391 e. The lowest BCUT2D eigenvalue weighted by Crippen LogP contribution is -2.71. The van der Waals surface area contributed by atoms with Crippen molar-refractivity contribution in [1.82, 2.24) is 0 Å². The molecule has 4 aliphatic carbocycles. The second-order valence-corrected chi connectivity index (χ2v) is 6.93. The maximum absolute atomic E-state index is 10.3. The first-order chi connectivity index (χ1) is 6.35. The number of nitrogens with two attached hydrogens (primary N) is 1. The summed E-state index contributed by atoms with van der Waals surface area (Å²) in [5.41, 5.74) is 6.66. The van der Waals surface area contributed by atoms with Gasteiger partial charge in [-0.2, -0.15) is 0 Å². The van der Waals surface area contributed by atoms with Gasteiger partial charge in [0, 0.05) is 5.54 Å². The molecule has 0 amide bonds. The summed E-state index contributed by atoms with van der Waals surface area (Å²) >= 11 is 0. The molecule has 0 aromatic rings. The van der Waals surface area contributed by atoms with Crippen LogP contribution in [0.25, 0.3) is 0 Å². The van der Waals surface area contributed by atoms with Gasteiger partial charge in [0.2, 0.25) is 0 Å². The highest BCUT2D eigenvalue weighted by Gasteiger charge is 2.63. The summed E-state index contributed by atoms with van der Waals surface area (Å²) in [6.07, 6.45) is 5.54. The molecule has 3 heteroatoms. The second-order valence-electron chi connectivity index (χ2n) is 6.93. The third-order valence-corrected chi connectivity index (χ3v) is 5.00. The van der Waals surface area contributed by atoms with E-state index in [1.165, 1.54) is 19.3 Å². The molecule has 0 aromatic heterocycles. The summed E-state index contributed by atoms with van der Waals surface area (Å²) in [5, 5.41) is 10.3. The summed E-state index contributed by atoms with van der Waals surface area (Å²) in [7, 11) is 0. The van der Waals surface area contributed by atoms with Crippen LogP contribution >= 0.6 is 12.4 Å². The number of hydrogen-bond acceptors (Lipinski definition) is 2. The van der Waals surface area contributed by atoms with Crippen LogP contribution in [0.1, 0.15) is 46.0 Å². The quantitative estimate of drug-likeness (QED) is 0.671.